The Hall–Kier alpha value is -4.33. The van der Waals surface area contributed by atoms with Crippen LogP contribution >= 0.6 is 0 Å². The average Bonchev–Trinajstić information content (AvgIpc) is 3.18. The minimum absolute atomic E-state index is 0.00880. The van der Waals surface area contributed by atoms with Crippen LogP contribution in [0.2, 0.25) is 0 Å². The van der Waals surface area contributed by atoms with E-state index in [0.717, 1.165) is 51.1 Å². The Labute approximate surface area is 200 Å². The van der Waals surface area contributed by atoms with Crippen LogP contribution in [0.15, 0.2) is 54.6 Å². The molecule has 35 heavy (non-hydrogen) atoms. The van der Waals surface area contributed by atoms with E-state index in [2.05, 4.69) is 17.0 Å². The molecule has 1 fully saturated rings. The van der Waals surface area contributed by atoms with Crippen LogP contribution in [0.4, 0.5) is 11.4 Å². The Morgan fingerprint density at radius 1 is 0.800 bits per heavy atom. The van der Waals surface area contributed by atoms with Crippen molar-refractivity contribution < 1.29 is 28.7 Å². The number of ether oxygens (including phenoxy) is 2. The highest BCUT2D eigenvalue weighted by molar-refractivity contribution is 6.01. The van der Waals surface area contributed by atoms with Gasteiger partial charge in [-0.2, -0.15) is 0 Å². The standard InChI is InChI=1S/C27H20N2O6/c30-21-12-13-22(31)29(21)35-23(32)11-4-14-28-15-5-1-7-17-24(15)27-25-16(28)6-2-8-18(25)34-20-10-3-9-19(33-17)26(20)27/h1-3,5-10,27H,4,11-14H2. The molecule has 3 aromatic rings. The van der Waals surface area contributed by atoms with E-state index in [0.29, 0.717) is 18.0 Å². The van der Waals surface area contributed by atoms with Crippen molar-refractivity contribution in [1.82, 2.24) is 5.06 Å². The van der Waals surface area contributed by atoms with Crippen LogP contribution in [0.1, 0.15) is 48.3 Å². The third kappa shape index (κ3) is 2.89. The molecular weight excluding hydrogens is 448 g/mol. The van der Waals surface area contributed by atoms with Crippen molar-refractivity contribution in [3.63, 3.8) is 0 Å². The van der Waals surface area contributed by atoms with Gasteiger partial charge >= 0.3 is 5.97 Å². The molecule has 0 saturated carbocycles. The summed E-state index contributed by atoms with van der Waals surface area (Å²) in [7, 11) is 0. The summed E-state index contributed by atoms with van der Waals surface area (Å²) >= 11 is 0. The minimum atomic E-state index is -0.598. The third-order valence-electron chi connectivity index (χ3n) is 6.96. The maximum absolute atomic E-state index is 12.4. The Kier molecular flexibility index (Phi) is 4.21. The van der Waals surface area contributed by atoms with Crippen molar-refractivity contribution in [3.8, 4) is 23.0 Å². The molecule has 0 spiro atoms. The summed E-state index contributed by atoms with van der Waals surface area (Å²) < 4.78 is 12.6. The van der Waals surface area contributed by atoms with Gasteiger partial charge in [0.2, 0.25) is 0 Å². The fraction of sp³-hybridized carbons (Fsp3) is 0.222. The summed E-state index contributed by atoms with van der Waals surface area (Å²) in [5.74, 6) is 1.70. The predicted molar refractivity (Wildman–Crippen MR) is 124 cm³/mol. The van der Waals surface area contributed by atoms with Crippen molar-refractivity contribution in [1.29, 1.82) is 0 Å². The van der Waals surface area contributed by atoms with Crippen LogP contribution in [-0.2, 0) is 19.2 Å². The van der Waals surface area contributed by atoms with E-state index in [1.165, 1.54) is 0 Å². The molecule has 0 N–H and O–H groups in total. The molecule has 4 aliphatic rings. The number of imide groups is 1. The molecule has 174 valence electrons. The lowest BCUT2D eigenvalue weighted by molar-refractivity contribution is -0.197. The number of benzene rings is 3. The highest BCUT2D eigenvalue weighted by atomic mass is 16.7. The van der Waals surface area contributed by atoms with Gasteiger partial charge in [0.15, 0.2) is 0 Å². The van der Waals surface area contributed by atoms with Gasteiger partial charge in [-0.1, -0.05) is 18.2 Å². The zero-order valence-electron chi connectivity index (χ0n) is 18.7. The molecule has 1 saturated heterocycles. The molecule has 2 amide bonds. The lowest BCUT2D eigenvalue weighted by atomic mass is 9.76. The first-order valence-electron chi connectivity index (χ1n) is 11.7. The van der Waals surface area contributed by atoms with E-state index in [9.17, 15) is 14.4 Å². The van der Waals surface area contributed by atoms with Crippen LogP contribution in [0.5, 0.6) is 23.0 Å². The lowest BCUT2D eigenvalue weighted by Gasteiger charge is -2.43. The number of carbonyl (C=O) groups is 3. The van der Waals surface area contributed by atoms with Crippen molar-refractivity contribution in [3.05, 3.63) is 71.3 Å². The second-order valence-corrected chi connectivity index (χ2v) is 8.98. The highest BCUT2D eigenvalue weighted by Crippen LogP contribution is 2.63. The van der Waals surface area contributed by atoms with E-state index in [1.54, 1.807) is 0 Å². The maximum Gasteiger partial charge on any atom is 0.333 e. The van der Waals surface area contributed by atoms with Gasteiger partial charge in [0, 0.05) is 53.9 Å². The normalized spacial score (nSPS) is 16.6. The molecule has 7 rings (SSSR count). The van der Waals surface area contributed by atoms with Gasteiger partial charge in [-0.05, 0) is 42.8 Å². The second-order valence-electron chi connectivity index (χ2n) is 8.98. The minimum Gasteiger partial charge on any atom is -0.457 e. The Balaban J connectivity index is 1.21. The molecule has 0 aliphatic carbocycles. The quantitative estimate of drug-likeness (QED) is 0.339. The first-order chi connectivity index (χ1) is 17.1. The van der Waals surface area contributed by atoms with Gasteiger partial charge in [0.05, 0.1) is 5.92 Å². The molecule has 3 aromatic carbocycles. The van der Waals surface area contributed by atoms with Crippen LogP contribution in [0.25, 0.3) is 0 Å². The molecule has 0 bridgehead atoms. The van der Waals surface area contributed by atoms with Crippen molar-refractivity contribution in [2.75, 3.05) is 11.4 Å². The SMILES string of the molecule is O=C(CCCN1c2cccc3c2C2c4c(cccc4Oc4cccc1c42)O3)ON1C(=O)CCC1=O. The molecule has 0 unspecified atom stereocenters. The molecule has 0 aromatic heterocycles. The first kappa shape index (κ1) is 20.1. The van der Waals surface area contributed by atoms with Gasteiger partial charge in [-0.25, -0.2) is 4.79 Å². The second kappa shape index (κ2) is 7.33. The van der Waals surface area contributed by atoms with Crippen LogP contribution in [0, 0.1) is 0 Å². The van der Waals surface area contributed by atoms with Gasteiger partial charge < -0.3 is 19.2 Å². The molecule has 0 radical (unpaired) electrons. The maximum atomic E-state index is 12.4. The Bertz CT molecular complexity index is 1360. The van der Waals surface area contributed by atoms with E-state index in [4.69, 9.17) is 14.3 Å². The molecule has 4 aliphatic heterocycles. The van der Waals surface area contributed by atoms with Crippen LogP contribution in [0.3, 0.4) is 0 Å². The fourth-order valence-corrected chi connectivity index (χ4v) is 5.51. The number of rotatable bonds is 5. The summed E-state index contributed by atoms with van der Waals surface area (Å²) in [6, 6.07) is 17.9. The van der Waals surface area contributed by atoms with Crippen LogP contribution in [-0.4, -0.2) is 29.4 Å². The third-order valence-corrected chi connectivity index (χ3v) is 6.96. The van der Waals surface area contributed by atoms with Gasteiger partial charge in [0.25, 0.3) is 11.8 Å². The number of hydroxylamine groups is 2. The smallest absolute Gasteiger partial charge is 0.333 e. The van der Waals surface area contributed by atoms with Crippen molar-refractivity contribution in [2.24, 2.45) is 0 Å². The Morgan fingerprint density at radius 2 is 1.31 bits per heavy atom. The summed E-state index contributed by atoms with van der Waals surface area (Å²) in [4.78, 5) is 43.0. The van der Waals surface area contributed by atoms with Crippen molar-refractivity contribution >= 4 is 29.2 Å². The number of hydrogen-bond donors (Lipinski definition) is 0. The topological polar surface area (TPSA) is 85.4 Å². The zero-order chi connectivity index (χ0) is 23.7. The summed E-state index contributed by atoms with van der Waals surface area (Å²) in [5, 5.41) is 0.596. The summed E-state index contributed by atoms with van der Waals surface area (Å²) in [5.41, 5.74) is 5.27. The number of amides is 2. The van der Waals surface area contributed by atoms with Crippen molar-refractivity contribution in [2.45, 2.75) is 31.6 Å². The largest absolute Gasteiger partial charge is 0.457 e. The van der Waals surface area contributed by atoms with E-state index >= 15 is 0 Å². The average molecular weight is 468 g/mol. The van der Waals surface area contributed by atoms with E-state index < -0.39 is 17.8 Å². The monoisotopic (exact) mass is 468 g/mol. The number of anilines is 2. The summed E-state index contributed by atoms with van der Waals surface area (Å²) in [6.45, 7) is 0.533. The molecular formula is C27H20N2O6. The highest BCUT2D eigenvalue weighted by Gasteiger charge is 2.44. The molecule has 0 atom stereocenters. The first-order valence-corrected chi connectivity index (χ1v) is 11.7. The molecule has 8 nitrogen and oxygen atoms in total. The lowest BCUT2D eigenvalue weighted by Crippen LogP contribution is -2.33. The predicted octanol–water partition coefficient (Wildman–Crippen LogP) is 4.92. The van der Waals surface area contributed by atoms with Crippen LogP contribution < -0.4 is 14.4 Å². The number of nitrogens with zero attached hydrogens (tertiary/aromatic N) is 2. The van der Waals surface area contributed by atoms with Gasteiger partial charge in [-0.3, -0.25) is 9.59 Å². The molecule has 8 heteroatoms. The van der Waals surface area contributed by atoms with Gasteiger partial charge in [0.1, 0.15) is 23.0 Å². The Morgan fingerprint density at radius 3 is 1.89 bits per heavy atom. The molecule has 4 heterocycles. The fourth-order valence-electron chi connectivity index (χ4n) is 5.51. The number of hydrogen-bond acceptors (Lipinski definition) is 7. The van der Waals surface area contributed by atoms with E-state index in [-0.39, 0.29) is 25.2 Å². The number of carbonyl (C=O) groups excluding carboxylic acids is 3. The summed E-state index contributed by atoms with van der Waals surface area (Å²) in [6.07, 6.45) is 0.695. The van der Waals surface area contributed by atoms with E-state index in [1.807, 2.05) is 42.5 Å². The van der Waals surface area contributed by atoms with Gasteiger partial charge in [-0.15, -0.1) is 5.06 Å². The zero-order valence-corrected chi connectivity index (χ0v) is 18.7.